The maximum absolute atomic E-state index is 11.6. The number of nitrogens with one attached hydrogen (secondary N) is 1. The van der Waals surface area contributed by atoms with Crippen molar-refractivity contribution in [3.63, 3.8) is 0 Å². The Morgan fingerprint density at radius 3 is 2.95 bits per heavy atom. The van der Waals surface area contributed by atoms with Crippen molar-refractivity contribution in [3.05, 3.63) is 30.1 Å². The highest BCUT2D eigenvalue weighted by Gasteiger charge is 2.27. The molecule has 2 aromatic rings. The van der Waals surface area contributed by atoms with Crippen molar-refractivity contribution in [1.29, 1.82) is 0 Å². The smallest absolute Gasteiger partial charge is 0.220 e. The van der Waals surface area contributed by atoms with E-state index in [1.165, 1.54) is 18.4 Å². The van der Waals surface area contributed by atoms with Gasteiger partial charge in [0.2, 0.25) is 5.91 Å². The van der Waals surface area contributed by atoms with Crippen molar-refractivity contribution in [3.8, 4) is 0 Å². The van der Waals surface area contributed by atoms with E-state index in [1.807, 2.05) is 25.1 Å². The summed E-state index contributed by atoms with van der Waals surface area (Å²) in [5.41, 5.74) is 2.21. The SMILES string of the molecule is CCCC(=O)NCc1nc2ccccc2n1C1CC1. The standard InChI is InChI=1S/C15H19N3O/c1-2-5-15(19)16-10-14-17-12-6-3-4-7-13(12)18(14)11-8-9-11/h3-4,6-7,11H,2,5,8-10H2,1H3,(H,16,19). The van der Waals surface area contributed by atoms with E-state index in [0.29, 0.717) is 19.0 Å². The predicted octanol–water partition coefficient (Wildman–Crippen LogP) is 2.79. The molecule has 3 rings (SSSR count). The van der Waals surface area contributed by atoms with Crippen LogP contribution < -0.4 is 5.32 Å². The molecule has 0 atom stereocenters. The first-order valence-corrected chi connectivity index (χ1v) is 7.02. The summed E-state index contributed by atoms with van der Waals surface area (Å²) in [6, 6.07) is 8.77. The summed E-state index contributed by atoms with van der Waals surface area (Å²) < 4.78 is 2.29. The highest BCUT2D eigenvalue weighted by molar-refractivity contribution is 5.77. The van der Waals surface area contributed by atoms with E-state index in [9.17, 15) is 4.79 Å². The molecule has 1 aliphatic rings. The fourth-order valence-electron chi connectivity index (χ4n) is 2.45. The van der Waals surface area contributed by atoms with Crippen LogP contribution in [0.2, 0.25) is 0 Å². The maximum Gasteiger partial charge on any atom is 0.220 e. The third-order valence-electron chi connectivity index (χ3n) is 3.50. The minimum Gasteiger partial charge on any atom is -0.349 e. The summed E-state index contributed by atoms with van der Waals surface area (Å²) >= 11 is 0. The molecule has 1 aliphatic carbocycles. The number of fused-ring (bicyclic) bond motifs is 1. The lowest BCUT2D eigenvalue weighted by Gasteiger charge is -2.08. The molecule has 0 bridgehead atoms. The number of nitrogens with zero attached hydrogens (tertiary/aromatic N) is 2. The van der Waals surface area contributed by atoms with Crippen molar-refractivity contribution in [2.24, 2.45) is 0 Å². The molecule has 1 heterocycles. The summed E-state index contributed by atoms with van der Waals surface area (Å²) in [6.07, 6.45) is 3.90. The second-order valence-electron chi connectivity index (χ2n) is 5.14. The lowest BCUT2D eigenvalue weighted by atomic mass is 10.3. The molecule has 1 saturated carbocycles. The van der Waals surface area contributed by atoms with Gasteiger partial charge in [0.25, 0.3) is 0 Å². The summed E-state index contributed by atoms with van der Waals surface area (Å²) in [6.45, 7) is 2.54. The van der Waals surface area contributed by atoms with Gasteiger partial charge in [0.15, 0.2) is 0 Å². The number of hydrogen-bond donors (Lipinski definition) is 1. The van der Waals surface area contributed by atoms with Gasteiger partial charge in [-0.2, -0.15) is 0 Å². The molecule has 1 N–H and O–H groups in total. The Kier molecular flexibility index (Phi) is 3.23. The van der Waals surface area contributed by atoms with Gasteiger partial charge < -0.3 is 9.88 Å². The molecule has 0 aliphatic heterocycles. The molecule has 0 saturated heterocycles. The Morgan fingerprint density at radius 1 is 1.42 bits per heavy atom. The molecule has 4 heteroatoms. The lowest BCUT2D eigenvalue weighted by Crippen LogP contribution is -2.24. The van der Waals surface area contributed by atoms with E-state index in [1.54, 1.807) is 0 Å². The molecule has 1 amide bonds. The van der Waals surface area contributed by atoms with Crippen LogP contribution in [0.15, 0.2) is 24.3 Å². The van der Waals surface area contributed by atoms with Crippen LogP contribution in [-0.4, -0.2) is 15.5 Å². The molecule has 100 valence electrons. The lowest BCUT2D eigenvalue weighted by molar-refractivity contribution is -0.121. The molecule has 0 unspecified atom stereocenters. The average molecular weight is 257 g/mol. The number of hydrogen-bond acceptors (Lipinski definition) is 2. The van der Waals surface area contributed by atoms with Crippen LogP contribution in [0.1, 0.15) is 44.5 Å². The molecule has 1 aromatic heterocycles. The van der Waals surface area contributed by atoms with Crippen molar-refractivity contribution >= 4 is 16.9 Å². The number of amides is 1. The zero-order chi connectivity index (χ0) is 13.2. The van der Waals surface area contributed by atoms with Crippen molar-refractivity contribution in [2.75, 3.05) is 0 Å². The Labute approximate surface area is 112 Å². The number of imidazole rings is 1. The summed E-state index contributed by atoms with van der Waals surface area (Å²) in [4.78, 5) is 16.2. The van der Waals surface area contributed by atoms with E-state index in [2.05, 4.69) is 20.9 Å². The van der Waals surface area contributed by atoms with Crippen LogP contribution >= 0.6 is 0 Å². The molecule has 0 radical (unpaired) electrons. The van der Waals surface area contributed by atoms with Gasteiger partial charge in [0.05, 0.1) is 17.6 Å². The third kappa shape index (κ3) is 2.48. The van der Waals surface area contributed by atoms with Crippen LogP contribution in [0.3, 0.4) is 0 Å². The number of rotatable bonds is 5. The van der Waals surface area contributed by atoms with Gasteiger partial charge in [0.1, 0.15) is 5.82 Å². The van der Waals surface area contributed by atoms with E-state index in [0.717, 1.165) is 17.8 Å². The minimum atomic E-state index is 0.108. The van der Waals surface area contributed by atoms with Crippen molar-refractivity contribution < 1.29 is 4.79 Å². The highest BCUT2D eigenvalue weighted by Crippen LogP contribution is 2.38. The topological polar surface area (TPSA) is 46.9 Å². The van der Waals surface area contributed by atoms with Gasteiger partial charge in [-0.15, -0.1) is 0 Å². The summed E-state index contributed by atoms with van der Waals surface area (Å²) in [7, 11) is 0. The molecular formula is C15H19N3O. The summed E-state index contributed by atoms with van der Waals surface area (Å²) in [5, 5.41) is 2.96. The van der Waals surface area contributed by atoms with Crippen LogP contribution in [0.4, 0.5) is 0 Å². The first-order valence-electron chi connectivity index (χ1n) is 7.02. The maximum atomic E-state index is 11.6. The second kappa shape index (κ2) is 5.03. The Bertz CT molecular complexity index is 598. The zero-order valence-electron chi connectivity index (χ0n) is 11.2. The molecule has 19 heavy (non-hydrogen) atoms. The van der Waals surface area contributed by atoms with Gasteiger partial charge in [0, 0.05) is 12.5 Å². The van der Waals surface area contributed by atoms with E-state index >= 15 is 0 Å². The van der Waals surface area contributed by atoms with E-state index in [4.69, 9.17) is 0 Å². The second-order valence-corrected chi connectivity index (χ2v) is 5.14. The van der Waals surface area contributed by atoms with Gasteiger partial charge >= 0.3 is 0 Å². The fourth-order valence-corrected chi connectivity index (χ4v) is 2.45. The first-order chi connectivity index (χ1) is 9.29. The van der Waals surface area contributed by atoms with E-state index in [-0.39, 0.29) is 5.91 Å². The normalized spacial score (nSPS) is 14.8. The number of aromatic nitrogens is 2. The van der Waals surface area contributed by atoms with Crippen LogP contribution in [-0.2, 0) is 11.3 Å². The van der Waals surface area contributed by atoms with Crippen LogP contribution in [0.5, 0.6) is 0 Å². The summed E-state index contributed by atoms with van der Waals surface area (Å²) in [5.74, 6) is 1.09. The van der Waals surface area contributed by atoms with Gasteiger partial charge in [-0.1, -0.05) is 19.1 Å². The molecule has 1 aromatic carbocycles. The van der Waals surface area contributed by atoms with Crippen molar-refractivity contribution in [1.82, 2.24) is 14.9 Å². The molecule has 4 nitrogen and oxygen atoms in total. The van der Waals surface area contributed by atoms with E-state index < -0.39 is 0 Å². The third-order valence-corrected chi connectivity index (χ3v) is 3.50. The van der Waals surface area contributed by atoms with Gasteiger partial charge in [-0.25, -0.2) is 4.98 Å². The Morgan fingerprint density at radius 2 is 2.21 bits per heavy atom. The van der Waals surface area contributed by atoms with Crippen LogP contribution in [0, 0.1) is 0 Å². The molecule has 1 fully saturated rings. The molecule has 0 spiro atoms. The van der Waals surface area contributed by atoms with Crippen molar-refractivity contribution in [2.45, 2.75) is 45.2 Å². The Balaban J connectivity index is 1.85. The highest BCUT2D eigenvalue weighted by atomic mass is 16.1. The number of para-hydroxylation sites is 2. The minimum absolute atomic E-state index is 0.108. The fraction of sp³-hybridized carbons (Fsp3) is 0.467. The predicted molar refractivity (Wildman–Crippen MR) is 74.8 cm³/mol. The zero-order valence-corrected chi connectivity index (χ0v) is 11.2. The average Bonchev–Trinajstić information content (AvgIpc) is 3.17. The van der Waals surface area contributed by atoms with Gasteiger partial charge in [-0.05, 0) is 31.4 Å². The van der Waals surface area contributed by atoms with Gasteiger partial charge in [-0.3, -0.25) is 4.79 Å². The number of benzene rings is 1. The Hall–Kier alpha value is -1.84. The van der Waals surface area contributed by atoms with Crippen LogP contribution in [0.25, 0.3) is 11.0 Å². The largest absolute Gasteiger partial charge is 0.349 e. The first kappa shape index (κ1) is 12.2. The number of carbonyl (C=O) groups is 1. The number of carbonyl (C=O) groups excluding carboxylic acids is 1. The quantitative estimate of drug-likeness (QED) is 0.895. The monoisotopic (exact) mass is 257 g/mol. The molecular weight excluding hydrogens is 238 g/mol.